The van der Waals surface area contributed by atoms with Crippen molar-refractivity contribution in [2.75, 3.05) is 81.4 Å². The number of alkyl carbamates (subject to hydrolysis) is 1. The Hall–Kier alpha value is -10.8. The highest BCUT2D eigenvalue weighted by molar-refractivity contribution is 6.08. The molecule has 0 saturated heterocycles. The molecule has 0 spiro atoms. The summed E-state index contributed by atoms with van der Waals surface area (Å²) >= 11 is 0. The van der Waals surface area contributed by atoms with Gasteiger partial charge < -0.3 is 94.5 Å². The normalized spacial score (nSPS) is 17.6. The van der Waals surface area contributed by atoms with Crippen molar-refractivity contribution in [1.82, 2.24) is 31.1 Å². The van der Waals surface area contributed by atoms with E-state index in [9.17, 15) is 58.2 Å². The summed E-state index contributed by atoms with van der Waals surface area (Å²) in [6.07, 6.45) is 0.711. The van der Waals surface area contributed by atoms with Crippen molar-refractivity contribution in [2.24, 2.45) is 11.8 Å². The molecular weight excluding hydrogens is 1380 g/mol. The van der Waals surface area contributed by atoms with E-state index >= 15 is 0 Å². The number of unbranched alkanes of at least 4 members (excludes halogenated alkanes) is 2. The van der Waals surface area contributed by atoms with E-state index in [0.29, 0.717) is 55.0 Å². The largest absolute Gasteiger partial charge is 0.493 e. The summed E-state index contributed by atoms with van der Waals surface area (Å²) in [5.41, 5.74) is 3.39. The van der Waals surface area contributed by atoms with E-state index in [-0.39, 0.29) is 122 Å². The van der Waals surface area contributed by atoms with Gasteiger partial charge in [0.15, 0.2) is 35.5 Å². The van der Waals surface area contributed by atoms with Crippen LogP contribution < -0.4 is 60.6 Å². The van der Waals surface area contributed by atoms with Crippen LogP contribution in [-0.4, -0.2) is 189 Å². The number of carbonyl (C=O) groups is 10. The van der Waals surface area contributed by atoms with Crippen LogP contribution in [0.1, 0.15) is 126 Å². The SMILES string of the molecule is C=CCOC(=O)N[C@@H](C(=O)N[C@H](C)C(=O)Nc1ccc(COC(=O)N2c3cc(OCCCCCOc4cc5c(cc4OC)C(=O)N4C=C(C)C[C@H]4[C@H](O)N5C(=O)OCc4ccc(NC(=O)[C@@H](C)NC(=O)[C@H](NC(=O)CCOCCOC)C(C)C)cc4)c(OC)cc3C(=O)N3C=C(C)C[C@H]3[C@@H]2O)cc1)C(C)C. The van der Waals surface area contributed by atoms with Crippen LogP contribution in [0.25, 0.3) is 0 Å². The van der Waals surface area contributed by atoms with Crippen LogP contribution in [0.15, 0.2) is 109 Å². The van der Waals surface area contributed by atoms with Crippen LogP contribution in [0.4, 0.5) is 37.1 Å². The molecule has 0 fully saturated rings. The Labute approximate surface area is 615 Å². The van der Waals surface area contributed by atoms with Gasteiger partial charge in [0.1, 0.15) is 44.0 Å². The molecule has 0 bridgehead atoms. The number of carbonyl (C=O) groups excluding carboxylic acids is 10. The molecule has 8 atom stereocenters. The van der Waals surface area contributed by atoms with Gasteiger partial charge in [-0.2, -0.15) is 0 Å². The van der Waals surface area contributed by atoms with Crippen molar-refractivity contribution in [2.45, 2.75) is 156 Å². The number of benzene rings is 4. The number of anilines is 4. The summed E-state index contributed by atoms with van der Waals surface area (Å²) in [6, 6.07) is 12.9. The number of nitrogens with one attached hydrogen (secondary N) is 6. The van der Waals surface area contributed by atoms with E-state index < -0.39 is 102 Å². The lowest BCUT2D eigenvalue weighted by Gasteiger charge is -2.31. The zero-order chi connectivity index (χ0) is 77.1. The van der Waals surface area contributed by atoms with Crippen molar-refractivity contribution in [3.63, 3.8) is 0 Å². The van der Waals surface area contributed by atoms with Crippen molar-refractivity contribution >= 4 is 82.4 Å². The number of amides is 10. The maximum absolute atomic E-state index is 14.4. The summed E-state index contributed by atoms with van der Waals surface area (Å²) in [6.45, 7) is 17.6. The van der Waals surface area contributed by atoms with Gasteiger partial charge in [-0.1, -0.05) is 75.8 Å². The molecule has 106 heavy (non-hydrogen) atoms. The van der Waals surface area contributed by atoms with Gasteiger partial charge in [0.25, 0.3) is 11.8 Å². The number of hydrogen-bond acceptors (Lipinski definition) is 21. The lowest BCUT2D eigenvalue weighted by atomic mass is 10.0. The Bertz CT molecular complexity index is 3920. The lowest BCUT2D eigenvalue weighted by molar-refractivity contribution is -0.132. The molecule has 0 unspecified atom stereocenters. The zero-order valence-corrected chi connectivity index (χ0v) is 61.5. The average molecular weight is 1470 g/mol. The van der Waals surface area contributed by atoms with Gasteiger partial charge in [-0.25, -0.2) is 24.2 Å². The molecule has 0 aliphatic carbocycles. The lowest BCUT2D eigenvalue weighted by Crippen LogP contribution is -2.53. The first-order valence-corrected chi connectivity index (χ1v) is 34.9. The molecule has 31 nitrogen and oxygen atoms in total. The molecule has 4 aromatic rings. The quantitative estimate of drug-likeness (QED) is 0.0127. The highest BCUT2D eigenvalue weighted by atomic mass is 16.6. The molecule has 31 heteroatoms. The number of nitrogens with zero attached hydrogens (tertiary/aromatic N) is 4. The first-order chi connectivity index (χ1) is 50.7. The smallest absolute Gasteiger partial charge is 0.416 e. The Morgan fingerprint density at radius 1 is 0.538 bits per heavy atom. The van der Waals surface area contributed by atoms with Gasteiger partial charge in [-0.15, -0.1) is 0 Å². The summed E-state index contributed by atoms with van der Waals surface area (Å²) in [5.74, 6) is -3.57. The first kappa shape index (κ1) is 80.9. The maximum atomic E-state index is 14.4. The van der Waals surface area contributed by atoms with E-state index in [2.05, 4.69) is 38.5 Å². The predicted octanol–water partition coefficient (Wildman–Crippen LogP) is 7.54. The second-order valence-electron chi connectivity index (χ2n) is 26.6. The van der Waals surface area contributed by atoms with Crippen LogP contribution >= 0.6 is 0 Å². The third-order valence-corrected chi connectivity index (χ3v) is 17.8. The topological polar surface area (TPSA) is 379 Å². The molecule has 0 aromatic heterocycles. The summed E-state index contributed by atoms with van der Waals surface area (Å²) in [7, 11) is 4.34. The summed E-state index contributed by atoms with van der Waals surface area (Å²) in [4.78, 5) is 140. The molecule has 4 aliphatic heterocycles. The second-order valence-corrected chi connectivity index (χ2v) is 26.6. The van der Waals surface area contributed by atoms with Gasteiger partial charge in [-0.05, 0) is 119 Å². The zero-order valence-electron chi connectivity index (χ0n) is 61.5. The van der Waals surface area contributed by atoms with E-state index in [4.69, 9.17) is 42.6 Å². The summed E-state index contributed by atoms with van der Waals surface area (Å²) in [5, 5.41) is 40.0. The van der Waals surface area contributed by atoms with E-state index in [1.54, 1.807) is 88.6 Å². The molecule has 4 aliphatic rings. The highest BCUT2D eigenvalue weighted by Gasteiger charge is 2.47. The number of ether oxygens (including phenoxy) is 9. The molecule has 8 N–H and O–H groups in total. The molecule has 572 valence electrons. The van der Waals surface area contributed by atoms with Gasteiger partial charge in [0.05, 0.1) is 81.8 Å². The van der Waals surface area contributed by atoms with Crippen molar-refractivity contribution in [1.29, 1.82) is 0 Å². The third kappa shape index (κ3) is 20.6. The standard InChI is InChI=1S/C75H96N10O21/c1-13-26-104-73(95)81-64(43(4)5)68(90)77-47(9)66(88)79-51-23-19-49(20-24-51)41-106-75(97)85-55-37-61(59(100-12)35-53(55)70(92)83-39-45(7)33-57(83)72(85)94)103-28-16-14-15-27-102-60-36-54-52(34-58(60)99-11)69(91)82-38-44(6)32-56(82)71(93)84(54)74(96)105-40-48-17-21-50(22-18-48)78-65(87)46(8)76-67(89)63(42(2)3)80-62(86)25-29-101-31-30-98-10/h13,17-24,34-39,42-43,46-47,56-57,63-64,71-72,93-94H,1,14-16,25-33,40-41H2,2-12H3,(H,76,89)(H,77,90)(H,78,87)(H,79,88)(H,80,86)(H,81,95)/t46-,47-,56+,57+,63-,64-,71+,72+/m1/s1. The van der Waals surface area contributed by atoms with Crippen molar-refractivity contribution in [3.05, 3.63) is 131 Å². The molecule has 8 rings (SSSR count). The fourth-order valence-corrected chi connectivity index (χ4v) is 12.1. The molecule has 4 aromatic carbocycles. The maximum Gasteiger partial charge on any atom is 0.416 e. The molecule has 4 heterocycles. The van der Waals surface area contributed by atoms with Gasteiger partial charge in [0, 0.05) is 49.4 Å². The van der Waals surface area contributed by atoms with E-state index in [1.165, 1.54) is 75.3 Å². The fourth-order valence-electron chi connectivity index (χ4n) is 12.1. The Kier molecular flexibility index (Phi) is 28.8. The average Bonchev–Trinajstić information content (AvgIpc) is 1.50. The first-order valence-electron chi connectivity index (χ1n) is 34.9. The van der Waals surface area contributed by atoms with Crippen LogP contribution in [0.2, 0.25) is 0 Å². The molecule has 10 amide bonds. The number of hydrogen-bond donors (Lipinski definition) is 8. The van der Waals surface area contributed by atoms with Crippen LogP contribution in [0.5, 0.6) is 23.0 Å². The number of rotatable bonds is 34. The number of fused-ring (bicyclic) bond motifs is 4. The highest BCUT2D eigenvalue weighted by Crippen LogP contribution is 2.44. The summed E-state index contributed by atoms with van der Waals surface area (Å²) < 4.78 is 50.9. The van der Waals surface area contributed by atoms with Crippen molar-refractivity contribution < 1.29 is 101 Å². The monoisotopic (exact) mass is 1470 g/mol. The molecular formula is C75H96N10O21. The van der Waals surface area contributed by atoms with Crippen LogP contribution in [0, 0.1) is 11.8 Å². The predicted molar refractivity (Wildman–Crippen MR) is 388 cm³/mol. The van der Waals surface area contributed by atoms with Crippen LogP contribution in [-0.2, 0) is 60.9 Å². The Balaban J connectivity index is 0.870. The number of aliphatic hydroxyl groups is 2. The minimum atomic E-state index is -1.58. The third-order valence-electron chi connectivity index (χ3n) is 17.8. The Morgan fingerprint density at radius 2 is 0.972 bits per heavy atom. The Morgan fingerprint density at radius 3 is 1.38 bits per heavy atom. The van der Waals surface area contributed by atoms with E-state index in [1.807, 2.05) is 13.8 Å². The van der Waals surface area contributed by atoms with Crippen molar-refractivity contribution in [3.8, 4) is 23.0 Å². The number of aliphatic hydroxyl groups excluding tert-OH is 2. The van der Waals surface area contributed by atoms with Crippen LogP contribution in [0.3, 0.4) is 0 Å². The molecule has 0 saturated carbocycles. The van der Waals surface area contributed by atoms with E-state index in [0.717, 1.165) is 20.9 Å². The second kappa shape index (κ2) is 37.8. The fraction of sp³-hybridized carbons (Fsp3) is 0.467. The number of methoxy groups -OCH3 is 3. The molecule has 0 radical (unpaired) electrons. The van der Waals surface area contributed by atoms with Gasteiger partial charge in [0.2, 0.25) is 29.5 Å². The van der Waals surface area contributed by atoms with Gasteiger partial charge >= 0.3 is 18.3 Å². The minimum Gasteiger partial charge on any atom is -0.493 e. The minimum absolute atomic E-state index is 0.00237. The van der Waals surface area contributed by atoms with Gasteiger partial charge in [-0.3, -0.25) is 33.6 Å².